The predicted molar refractivity (Wildman–Crippen MR) is 103 cm³/mol. The average molecular weight is 390 g/mol. The number of likely N-dealkylation sites (N-methyl/N-ethyl adjacent to an activating group) is 1. The van der Waals surface area contributed by atoms with Gasteiger partial charge in [-0.3, -0.25) is 9.69 Å². The van der Waals surface area contributed by atoms with Crippen LogP contribution in [0, 0.1) is 0 Å². The zero-order valence-electron chi connectivity index (χ0n) is 14.1. The molecule has 0 fully saturated rings. The summed E-state index contributed by atoms with van der Waals surface area (Å²) < 4.78 is 5.75. The second-order valence-electron chi connectivity index (χ2n) is 5.83. The number of anilines is 1. The lowest BCUT2D eigenvalue weighted by atomic mass is 10.2. The van der Waals surface area contributed by atoms with E-state index in [1.807, 2.05) is 36.2 Å². The Hall–Kier alpha value is -2.34. The second-order valence-corrected chi connectivity index (χ2v) is 6.67. The number of amides is 1. The summed E-state index contributed by atoms with van der Waals surface area (Å²) in [6.45, 7) is 0.591. The highest BCUT2D eigenvalue weighted by Gasteiger charge is 2.12. The number of nitrogens with zero attached hydrogens (tertiary/aromatic N) is 2. The first-order valence-corrected chi connectivity index (χ1v) is 8.70. The molecule has 0 spiro atoms. The van der Waals surface area contributed by atoms with Crippen LogP contribution in [0.2, 0.25) is 10.0 Å². The van der Waals surface area contributed by atoms with Gasteiger partial charge in [0, 0.05) is 10.6 Å². The van der Waals surface area contributed by atoms with Crippen LogP contribution in [0.3, 0.4) is 0 Å². The molecule has 1 heterocycles. The monoisotopic (exact) mass is 389 g/mol. The van der Waals surface area contributed by atoms with E-state index in [0.29, 0.717) is 33.9 Å². The van der Waals surface area contributed by atoms with Gasteiger partial charge in [-0.05, 0) is 43.4 Å². The molecule has 0 unspecified atom stereocenters. The van der Waals surface area contributed by atoms with Crippen molar-refractivity contribution in [2.75, 3.05) is 18.9 Å². The first kappa shape index (κ1) is 18.5. The van der Waals surface area contributed by atoms with Crippen LogP contribution in [0.25, 0.3) is 11.3 Å². The van der Waals surface area contributed by atoms with Crippen LogP contribution in [-0.4, -0.2) is 29.4 Å². The molecule has 134 valence electrons. The first-order valence-electron chi connectivity index (χ1n) is 7.95. The van der Waals surface area contributed by atoms with Crippen LogP contribution < -0.4 is 5.32 Å². The lowest BCUT2D eigenvalue weighted by Gasteiger charge is -2.14. The molecule has 0 radical (unpaired) electrons. The van der Waals surface area contributed by atoms with E-state index < -0.39 is 0 Å². The maximum Gasteiger partial charge on any atom is 0.238 e. The summed E-state index contributed by atoms with van der Waals surface area (Å²) in [5.41, 5.74) is 1.49. The molecule has 1 N–H and O–H groups in total. The molecule has 1 amide bonds. The van der Waals surface area contributed by atoms with Crippen LogP contribution in [0.5, 0.6) is 0 Å². The smallest absolute Gasteiger partial charge is 0.238 e. The van der Waals surface area contributed by atoms with Crippen molar-refractivity contribution in [2.45, 2.75) is 6.54 Å². The lowest BCUT2D eigenvalue weighted by molar-refractivity contribution is -0.117. The molecule has 5 nitrogen and oxygen atoms in total. The number of para-hydroxylation sites is 1. The highest BCUT2D eigenvalue weighted by molar-refractivity contribution is 6.33. The lowest BCUT2D eigenvalue weighted by Crippen LogP contribution is -2.30. The second kappa shape index (κ2) is 8.36. The molecular weight excluding hydrogens is 373 g/mol. The predicted octanol–water partition coefficient (Wildman–Crippen LogP) is 4.72. The largest absolute Gasteiger partial charge is 0.439 e. The number of oxazole rings is 1. The summed E-state index contributed by atoms with van der Waals surface area (Å²) >= 11 is 11.9. The van der Waals surface area contributed by atoms with Crippen molar-refractivity contribution in [1.29, 1.82) is 0 Å². The minimum Gasteiger partial charge on any atom is -0.439 e. The van der Waals surface area contributed by atoms with Gasteiger partial charge >= 0.3 is 0 Å². The molecule has 0 saturated heterocycles. The Labute approximate surface area is 161 Å². The Morgan fingerprint density at radius 3 is 2.62 bits per heavy atom. The minimum absolute atomic E-state index is 0.162. The maximum atomic E-state index is 12.1. The number of benzene rings is 2. The van der Waals surface area contributed by atoms with Crippen LogP contribution >= 0.6 is 23.2 Å². The van der Waals surface area contributed by atoms with Crippen molar-refractivity contribution in [3.8, 4) is 11.3 Å². The Morgan fingerprint density at radius 1 is 1.15 bits per heavy atom. The van der Waals surface area contributed by atoms with E-state index in [2.05, 4.69) is 10.3 Å². The standard InChI is InChI=1S/C19H17Cl2N3O2/c1-24(11-18(25)23-16-5-3-2-4-15(16)21)12-19-22-10-17(26-19)13-6-8-14(20)9-7-13/h2-10H,11-12H2,1H3,(H,23,25). The Balaban J connectivity index is 1.56. The van der Waals surface area contributed by atoms with Gasteiger partial charge in [-0.15, -0.1) is 0 Å². The molecule has 0 bridgehead atoms. The van der Waals surface area contributed by atoms with Crippen LogP contribution in [0.4, 0.5) is 5.69 Å². The van der Waals surface area contributed by atoms with Crippen molar-refractivity contribution in [3.63, 3.8) is 0 Å². The van der Waals surface area contributed by atoms with Gasteiger partial charge in [0.2, 0.25) is 11.8 Å². The highest BCUT2D eigenvalue weighted by atomic mass is 35.5. The summed E-state index contributed by atoms with van der Waals surface area (Å²) in [5.74, 6) is 1.03. The fourth-order valence-electron chi connectivity index (χ4n) is 2.42. The molecule has 0 saturated carbocycles. The van der Waals surface area contributed by atoms with Crippen LogP contribution in [-0.2, 0) is 11.3 Å². The van der Waals surface area contributed by atoms with Crippen molar-refractivity contribution in [1.82, 2.24) is 9.88 Å². The number of nitrogens with one attached hydrogen (secondary N) is 1. The van der Waals surface area contributed by atoms with E-state index >= 15 is 0 Å². The van der Waals surface area contributed by atoms with Gasteiger partial charge in [-0.2, -0.15) is 0 Å². The molecule has 7 heteroatoms. The van der Waals surface area contributed by atoms with E-state index in [1.54, 1.807) is 30.5 Å². The van der Waals surface area contributed by atoms with Gasteiger partial charge in [0.15, 0.2) is 5.76 Å². The van der Waals surface area contributed by atoms with Gasteiger partial charge in [-0.25, -0.2) is 4.98 Å². The highest BCUT2D eigenvalue weighted by Crippen LogP contribution is 2.23. The van der Waals surface area contributed by atoms with E-state index in [1.165, 1.54) is 0 Å². The zero-order chi connectivity index (χ0) is 18.5. The molecule has 1 aromatic heterocycles. The van der Waals surface area contributed by atoms with E-state index in [9.17, 15) is 4.79 Å². The topological polar surface area (TPSA) is 58.4 Å². The number of aromatic nitrogens is 1. The average Bonchev–Trinajstić information content (AvgIpc) is 3.05. The van der Waals surface area contributed by atoms with Gasteiger partial charge in [-0.1, -0.05) is 35.3 Å². The molecule has 0 atom stereocenters. The number of halogens is 2. The molecule has 0 aliphatic heterocycles. The van der Waals surface area contributed by atoms with E-state index in [-0.39, 0.29) is 12.5 Å². The van der Waals surface area contributed by atoms with Crippen LogP contribution in [0.1, 0.15) is 5.89 Å². The van der Waals surface area contributed by atoms with E-state index in [0.717, 1.165) is 5.56 Å². The molecule has 3 aromatic rings. The third kappa shape index (κ3) is 4.85. The summed E-state index contributed by atoms with van der Waals surface area (Å²) in [5, 5.41) is 3.96. The Morgan fingerprint density at radius 2 is 1.88 bits per heavy atom. The molecule has 3 rings (SSSR count). The Kier molecular flexibility index (Phi) is 5.93. The fraction of sp³-hybridized carbons (Fsp3) is 0.158. The van der Waals surface area contributed by atoms with Gasteiger partial charge in [0.05, 0.1) is 30.0 Å². The third-order valence-corrected chi connectivity index (χ3v) is 4.23. The quantitative estimate of drug-likeness (QED) is 0.662. The molecule has 0 aliphatic rings. The summed E-state index contributed by atoms with van der Waals surface area (Å²) in [4.78, 5) is 18.2. The molecule has 2 aromatic carbocycles. The van der Waals surface area contributed by atoms with Crippen LogP contribution in [0.15, 0.2) is 59.1 Å². The molecular formula is C19H17Cl2N3O2. The number of hydrogen-bond acceptors (Lipinski definition) is 4. The third-order valence-electron chi connectivity index (χ3n) is 3.65. The first-order chi connectivity index (χ1) is 12.5. The van der Waals surface area contributed by atoms with Crippen molar-refractivity contribution in [2.24, 2.45) is 0 Å². The minimum atomic E-state index is -0.162. The number of rotatable bonds is 6. The zero-order valence-corrected chi connectivity index (χ0v) is 15.6. The normalized spacial score (nSPS) is 10.9. The molecule has 0 aliphatic carbocycles. The summed E-state index contributed by atoms with van der Waals surface area (Å²) in [6, 6.07) is 14.4. The fourth-order valence-corrected chi connectivity index (χ4v) is 2.72. The summed E-state index contributed by atoms with van der Waals surface area (Å²) in [6.07, 6.45) is 1.66. The Bertz CT molecular complexity index is 894. The maximum absolute atomic E-state index is 12.1. The van der Waals surface area contributed by atoms with E-state index in [4.69, 9.17) is 27.6 Å². The van der Waals surface area contributed by atoms with Crippen molar-refractivity contribution >= 4 is 34.8 Å². The number of carbonyl (C=O) groups is 1. The van der Waals surface area contributed by atoms with Gasteiger partial charge in [0.1, 0.15) is 0 Å². The van der Waals surface area contributed by atoms with Crippen molar-refractivity contribution < 1.29 is 9.21 Å². The van der Waals surface area contributed by atoms with Gasteiger partial charge < -0.3 is 9.73 Å². The molecule has 26 heavy (non-hydrogen) atoms. The SMILES string of the molecule is CN(CC(=O)Nc1ccccc1Cl)Cc1ncc(-c2ccc(Cl)cc2)o1. The number of hydrogen-bond donors (Lipinski definition) is 1. The summed E-state index contributed by atoms with van der Waals surface area (Å²) in [7, 11) is 1.82. The van der Waals surface area contributed by atoms with Gasteiger partial charge in [0.25, 0.3) is 0 Å². The van der Waals surface area contributed by atoms with Crippen molar-refractivity contribution in [3.05, 3.63) is 70.7 Å². The number of carbonyl (C=O) groups excluding carboxylic acids is 1.